The Bertz CT molecular complexity index is 542. The minimum Gasteiger partial charge on any atom is -0.352 e. The Morgan fingerprint density at radius 1 is 1.44 bits per heavy atom. The largest absolute Gasteiger partial charge is 0.352 e. The van der Waals surface area contributed by atoms with Crippen molar-refractivity contribution >= 4 is 5.95 Å². The van der Waals surface area contributed by atoms with Crippen molar-refractivity contribution in [3.05, 3.63) is 54.1 Å². The highest BCUT2D eigenvalue weighted by atomic mass is 15.2. The standard InChI is InChI=1S/C14H18N4/c1-4-7-16-14-17-12(3)9-18(14)10-13-11(2)6-5-8-15-13/h4-6,8-9H,1,7,10H2,2-3H3,(H,16,17). The second-order valence-electron chi connectivity index (χ2n) is 4.27. The highest BCUT2D eigenvalue weighted by molar-refractivity contribution is 5.31. The monoisotopic (exact) mass is 242 g/mol. The fourth-order valence-electron chi connectivity index (χ4n) is 1.82. The summed E-state index contributed by atoms with van der Waals surface area (Å²) in [6, 6.07) is 4.03. The number of hydrogen-bond donors (Lipinski definition) is 1. The molecule has 0 saturated heterocycles. The SMILES string of the molecule is C=CCNc1nc(C)cn1Cc1ncccc1C. The van der Waals surface area contributed by atoms with Gasteiger partial charge in [-0.3, -0.25) is 4.98 Å². The van der Waals surface area contributed by atoms with Gasteiger partial charge in [0.15, 0.2) is 0 Å². The number of anilines is 1. The average molecular weight is 242 g/mol. The Morgan fingerprint density at radius 3 is 3.00 bits per heavy atom. The van der Waals surface area contributed by atoms with Crippen LogP contribution in [0.15, 0.2) is 37.2 Å². The van der Waals surface area contributed by atoms with E-state index >= 15 is 0 Å². The fraction of sp³-hybridized carbons (Fsp3) is 0.286. The molecular weight excluding hydrogens is 224 g/mol. The van der Waals surface area contributed by atoms with Crippen molar-refractivity contribution in [2.24, 2.45) is 0 Å². The Labute approximate surface area is 107 Å². The number of hydrogen-bond acceptors (Lipinski definition) is 3. The second kappa shape index (κ2) is 5.49. The van der Waals surface area contributed by atoms with E-state index in [1.807, 2.05) is 31.5 Å². The number of rotatable bonds is 5. The number of imidazole rings is 1. The average Bonchev–Trinajstić information content (AvgIpc) is 2.70. The van der Waals surface area contributed by atoms with E-state index in [1.54, 1.807) is 0 Å². The van der Waals surface area contributed by atoms with Crippen molar-refractivity contribution in [1.82, 2.24) is 14.5 Å². The molecule has 4 nitrogen and oxygen atoms in total. The van der Waals surface area contributed by atoms with Crippen LogP contribution in [0.5, 0.6) is 0 Å². The topological polar surface area (TPSA) is 42.7 Å². The highest BCUT2D eigenvalue weighted by Gasteiger charge is 2.07. The van der Waals surface area contributed by atoms with E-state index in [4.69, 9.17) is 0 Å². The van der Waals surface area contributed by atoms with Gasteiger partial charge in [0, 0.05) is 18.9 Å². The molecule has 2 aromatic rings. The van der Waals surface area contributed by atoms with Crippen LogP contribution in [0.2, 0.25) is 0 Å². The second-order valence-corrected chi connectivity index (χ2v) is 4.27. The normalized spacial score (nSPS) is 10.3. The Hall–Kier alpha value is -2.10. The van der Waals surface area contributed by atoms with Crippen molar-refractivity contribution in [2.45, 2.75) is 20.4 Å². The molecule has 0 amide bonds. The predicted molar refractivity (Wildman–Crippen MR) is 73.7 cm³/mol. The summed E-state index contributed by atoms with van der Waals surface area (Å²) in [5.41, 5.74) is 3.25. The number of nitrogens with one attached hydrogen (secondary N) is 1. The molecule has 0 spiro atoms. The summed E-state index contributed by atoms with van der Waals surface area (Å²) in [7, 11) is 0. The van der Waals surface area contributed by atoms with Crippen molar-refractivity contribution in [3.63, 3.8) is 0 Å². The minimum absolute atomic E-state index is 0.706. The van der Waals surface area contributed by atoms with Gasteiger partial charge in [-0.05, 0) is 25.5 Å². The molecule has 2 heterocycles. The third-order valence-corrected chi connectivity index (χ3v) is 2.74. The molecular formula is C14H18N4. The van der Waals surface area contributed by atoms with Gasteiger partial charge in [-0.2, -0.15) is 0 Å². The van der Waals surface area contributed by atoms with Crippen LogP contribution in [0, 0.1) is 13.8 Å². The van der Waals surface area contributed by atoms with Crippen molar-refractivity contribution in [2.75, 3.05) is 11.9 Å². The molecule has 94 valence electrons. The molecule has 0 atom stereocenters. The van der Waals surface area contributed by atoms with Gasteiger partial charge in [-0.1, -0.05) is 12.1 Å². The molecule has 4 heteroatoms. The summed E-state index contributed by atoms with van der Waals surface area (Å²) in [5, 5.41) is 3.23. The van der Waals surface area contributed by atoms with Crippen LogP contribution in [-0.2, 0) is 6.54 Å². The van der Waals surface area contributed by atoms with E-state index in [0.29, 0.717) is 6.54 Å². The molecule has 0 bridgehead atoms. The maximum Gasteiger partial charge on any atom is 0.203 e. The van der Waals surface area contributed by atoms with Crippen LogP contribution in [0.3, 0.4) is 0 Å². The zero-order chi connectivity index (χ0) is 13.0. The Kier molecular flexibility index (Phi) is 3.77. The first-order chi connectivity index (χ1) is 8.70. The van der Waals surface area contributed by atoms with Gasteiger partial charge >= 0.3 is 0 Å². The van der Waals surface area contributed by atoms with Crippen LogP contribution >= 0.6 is 0 Å². The molecule has 2 aromatic heterocycles. The minimum atomic E-state index is 0.706. The van der Waals surface area contributed by atoms with E-state index in [2.05, 4.69) is 39.4 Å². The first-order valence-corrected chi connectivity index (χ1v) is 5.99. The van der Waals surface area contributed by atoms with Crippen LogP contribution in [0.4, 0.5) is 5.95 Å². The lowest BCUT2D eigenvalue weighted by Gasteiger charge is -2.09. The van der Waals surface area contributed by atoms with E-state index in [0.717, 1.165) is 23.9 Å². The quantitative estimate of drug-likeness (QED) is 0.819. The van der Waals surface area contributed by atoms with E-state index < -0.39 is 0 Å². The smallest absolute Gasteiger partial charge is 0.203 e. The molecule has 0 saturated carbocycles. The van der Waals surface area contributed by atoms with Gasteiger partial charge in [-0.25, -0.2) is 4.98 Å². The summed E-state index contributed by atoms with van der Waals surface area (Å²) >= 11 is 0. The zero-order valence-electron chi connectivity index (χ0n) is 10.8. The van der Waals surface area contributed by atoms with Crippen molar-refractivity contribution in [3.8, 4) is 0 Å². The number of aryl methyl sites for hydroxylation is 2. The molecule has 0 aliphatic carbocycles. The van der Waals surface area contributed by atoms with Gasteiger partial charge in [-0.15, -0.1) is 6.58 Å². The van der Waals surface area contributed by atoms with E-state index in [9.17, 15) is 0 Å². The van der Waals surface area contributed by atoms with Gasteiger partial charge in [0.2, 0.25) is 5.95 Å². The Morgan fingerprint density at radius 2 is 2.28 bits per heavy atom. The van der Waals surface area contributed by atoms with E-state index in [-0.39, 0.29) is 0 Å². The third-order valence-electron chi connectivity index (χ3n) is 2.74. The van der Waals surface area contributed by atoms with Crippen LogP contribution < -0.4 is 5.32 Å². The molecule has 0 fully saturated rings. The predicted octanol–water partition coefficient (Wildman–Crippen LogP) is 2.54. The molecule has 1 N–H and O–H groups in total. The van der Waals surface area contributed by atoms with Gasteiger partial charge < -0.3 is 9.88 Å². The van der Waals surface area contributed by atoms with Crippen LogP contribution in [-0.4, -0.2) is 21.1 Å². The van der Waals surface area contributed by atoms with Crippen molar-refractivity contribution < 1.29 is 0 Å². The first kappa shape index (κ1) is 12.4. The summed E-state index contributed by atoms with van der Waals surface area (Å²) < 4.78 is 2.08. The fourth-order valence-corrected chi connectivity index (χ4v) is 1.82. The number of nitrogens with zero attached hydrogens (tertiary/aromatic N) is 3. The number of pyridine rings is 1. The number of aromatic nitrogens is 3. The molecule has 0 aliphatic heterocycles. The lowest BCUT2D eigenvalue weighted by Crippen LogP contribution is -2.09. The van der Waals surface area contributed by atoms with Gasteiger partial charge in [0.05, 0.1) is 17.9 Å². The summed E-state index contributed by atoms with van der Waals surface area (Å²) in [6.07, 6.45) is 5.67. The molecule has 0 radical (unpaired) electrons. The zero-order valence-corrected chi connectivity index (χ0v) is 10.8. The Balaban J connectivity index is 2.23. The molecule has 0 aromatic carbocycles. The maximum absolute atomic E-state index is 4.45. The summed E-state index contributed by atoms with van der Waals surface area (Å²) in [5.74, 6) is 0.859. The lowest BCUT2D eigenvalue weighted by atomic mass is 10.2. The molecule has 2 rings (SSSR count). The van der Waals surface area contributed by atoms with Crippen LogP contribution in [0.25, 0.3) is 0 Å². The lowest BCUT2D eigenvalue weighted by molar-refractivity contribution is 0.771. The third kappa shape index (κ3) is 2.77. The summed E-state index contributed by atoms with van der Waals surface area (Å²) in [4.78, 5) is 8.86. The molecule has 0 unspecified atom stereocenters. The van der Waals surface area contributed by atoms with Gasteiger partial charge in [0.1, 0.15) is 0 Å². The van der Waals surface area contributed by atoms with Crippen LogP contribution in [0.1, 0.15) is 17.0 Å². The first-order valence-electron chi connectivity index (χ1n) is 5.99. The van der Waals surface area contributed by atoms with Crippen molar-refractivity contribution in [1.29, 1.82) is 0 Å². The molecule has 0 aliphatic rings. The maximum atomic E-state index is 4.45. The van der Waals surface area contributed by atoms with E-state index in [1.165, 1.54) is 5.56 Å². The molecule has 18 heavy (non-hydrogen) atoms. The van der Waals surface area contributed by atoms with Gasteiger partial charge in [0.25, 0.3) is 0 Å². The highest BCUT2D eigenvalue weighted by Crippen LogP contribution is 2.12. The summed E-state index contributed by atoms with van der Waals surface area (Å²) in [6.45, 7) is 9.19.